The van der Waals surface area contributed by atoms with Crippen molar-refractivity contribution in [1.82, 2.24) is 4.98 Å². The zero-order valence-corrected chi connectivity index (χ0v) is 8.67. The molecule has 0 saturated heterocycles. The van der Waals surface area contributed by atoms with E-state index in [0.717, 1.165) is 0 Å². The summed E-state index contributed by atoms with van der Waals surface area (Å²) in [6, 6.07) is 0. The molecule has 0 amide bonds. The molecule has 5 nitrogen and oxygen atoms in total. The molecule has 0 aliphatic rings. The van der Waals surface area contributed by atoms with E-state index in [1.165, 1.54) is 20.8 Å². The molecule has 1 rings (SSSR count). The highest BCUT2D eigenvalue weighted by Crippen LogP contribution is 2.13. The Hall–Kier alpha value is -1.91. The molecule has 80 valence electrons. The number of H-pyrrole nitrogens is 1. The first-order chi connectivity index (χ1) is 6.86. The van der Waals surface area contributed by atoms with Crippen LogP contribution >= 0.6 is 0 Å². The summed E-state index contributed by atoms with van der Waals surface area (Å²) in [6.45, 7) is 4.18. The van der Waals surface area contributed by atoms with Gasteiger partial charge in [-0.3, -0.25) is 9.59 Å². The number of carbonyl (C=O) groups is 2. The number of carbonyl (C=O) groups excluding carboxylic acids is 1. The predicted molar refractivity (Wildman–Crippen MR) is 53.5 cm³/mol. The van der Waals surface area contributed by atoms with Gasteiger partial charge in [-0.25, -0.2) is 4.79 Å². The van der Waals surface area contributed by atoms with Gasteiger partial charge in [0.1, 0.15) is 0 Å². The molecular weight excluding hydrogens is 198 g/mol. The number of aromatic nitrogens is 1. The standard InChI is InChI=1S/C10H11NO4/c1-4-7(10(14)15)5(2)11-9(13)8(4)6(3)12/h1-3H3,(H,11,13)(H,14,15). The highest BCUT2D eigenvalue weighted by molar-refractivity contribution is 5.99. The molecule has 2 N–H and O–H groups in total. The Balaban J connectivity index is 3.72. The quantitative estimate of drug-likeness (QED) is 0.708. The summed E-state index contributed by atoms with van der Waals surface area (Å²) >= 11 is 0. The zero-order valence-electron chi connectivity index (χ0n) is 8.67. The van der Waals surface area contributed by atoms with E-state index in [1.807, 2.05) is 0 Å². The highest BCUT2D eigenvalue weighted by atomic mass is 16.4. The van der Waals surface area contributed by atoms with E-state index >= 15 is 0 Å². The summed E-state index contributed by atoms with van der Waals surface area (Å²) in [4.78, 5) is 35.8. The first-order valence-electron chi connectivity index (χ1n) is 4.34. The number of ketones is 1. The fourth-order valence-electron chi connectivity index (χ4n) is 1.62. The predicted octanol–water partition coefficient (Wildman–Crippen LogP) is 0.893. The average molecular weight is 209 g/mol. The number of hydrogen-bond donors (Lipinski definition) is 2. The van der Waals surface area contributed by atoms with E-state index in [1.54, 1.807) is 0 Å². The van der Waals surface area contributed by atoms with Crippen molar-refractivity contribution >= 4 is 11.8 Å². The normalized spacial score (nSPS) is 10.1. The Kier molecular flexibility index (Phi) is 2.74. The first-order valence-corrected chi connectivity index (χ1v) is 4.34. The van der Waals surface area contributed by atoms with Gasteiger partial charge < -0.3 is 10.1 Å². The number of pyridine rings is 1. The molecule has 0 aliphatic heterocycles. The van der Waals surface area contributed by atoms with Crippen molar-refractivity contribution in [2.75, 3.05) is 0 Å². The third kappa shape index (κ3) is 1.81. The third-order valence-corrected chi connectivity index (χ3v) is 2.22. The summed E-state index contributed by atoms with van der Waals surface area (Å²) in [7, 11) is 0. The SMILES string of the molecule is CC(=O)c1c(C)c(C(=O)O)c(C)[nH]c1=O. The topological polar surface area (TPSA) is 87.2 Å². The fourth-order valence-corrected chi connectivity index (χ4v) is 1.62. The second-order valence-corrected chi connectivity index (χ2v) is 3.32. The Morgan fingerprint density at radius 3 is 2.13 bits per heavy atom. The van der Waals surface area contributed by atoms with E-state index in [2.05, 4.69) is 4.98 Å². The molecule has 15 heavy (non-hydrogen) atoms. The van der Waals surface area contributed by atoms with Crippen LogP contribution in [0, 0.1) is 13.8 Å². The van der Waals surface area contributed by atoms with Gasteiger partial charge in [-0.1, -0.05) is 0 Å². The maximum absolute atomic E-state index is 11.4. The van der Waals surface area contributed by atoms with Gasteiger partial charge in [-0.05, 0) is 26.3 Å². The van der Waals surface area contributed by atoms with Gasteiger partial charge >= 0.3 is 5.97 Å². The van der Waals surface area contributed by atoms with Crippen molar-refractivity contribution in [3.8, 4) is 0 Å². The number of Topliss-reactive ketones (excluding diaryl/α,β-unsaturated/α-hetero) is 1. The summed E-state index contributed by atoms with van der Waals surface area (Å²) in [5.74, 6) is -1.58. The van der Waals surface area contributed by atoms with Crippen LogP contribution in [0.15, 0.2) is 4.79 Å². The van der Waals surface area contributed by atoms with Crippen LogP contribution in [0.5, 0.6) is 0 Å². The van der Waals surface area contributed by atoms with Gasteiger partial charge in [0.05, 0.1) is 11.1 Å². The summed E-state index contributed by atoms with van der Waals surface area (Å²) < 4.78 is 0. The number of carboxylic acid groups (broad SMARTS) is 1. The van der Waals surface area contributed by atoms with Crippen molar-refractivity contribution in [3.63, 3.8) is 0 Å². The minimum absolute atomic E-state index is 0.0141. The second-order valence-electron chi connectivity index (χ2n) is 3.32. The van der Waals surface area contributed by atoms with Gasteiger partial charge in [0.15, 0.2) is 5.78 Å². The summed E-state index contributed by atoms with van der Waals surface area (Å²) in [5, 5.41) is 8.91. The molecule has 0 unspecified atom stereocenters. The second kappa shape index (κ2) is 3.68. The van der Waals surface area contributed by atoms with Crippen molar-refractivity contribution in [2.24, 2.45) is 0 Å². The number of aromatic amines is 1. The number of aromatic carboxylic acids is 1. The monoisotopic (exact) mass is 209 g/mol. The van der Waals surface area contributed by atoms with Crippen molar-refractivity contribution < 1.29 is 14.7 Å². The lowest BCUT2D eigenvalue weighted by atomic mass is 10.0. The Bertz CT molecular complexity index is 499. The maximum atomic E-state index is 11.4. The number of rotatable bonds is 2. The molecule has 0 spiro atoms. The molecule has 1 aromatic heterocycles. The Labute approximate surface area is 85.8 Å². The molecule has 1 heterocycles. The van der Waals surface area contributed by atoms with Crippen LogP contribution < -0.4 is 5.56 Å². The maximum Gasteiger partial charge on any atom is 0.337 e. The van der Waals surface area contributed by atoms with Crippen molar-refractivity contribution in [1.29, 1.82) is 0 Å². The van der Waals surface area contributed by atoms with Gasteiger partial charge in [-0.15, -0.1) is 0 Å². The molecule has 0 aliphatic carbocycles. The van der Waals surface area contributed by atoms with Crippen LogP contribution in [0.1, 0.15) is 38.9 Å². The van der Waals surface area contributed by atoms with E-state index in [0.29, 0.717) is 0 Å². The van der Waals surface area contributed by atoms with E-state index < -0.39 is 17.3 Å². The van der Waals surface area contributed by atoms with Gasteiger partial charge in [0, 0.05) is 5.69 Å². The largest absolute Gasteiger partial charge is 0.478 e. The van der Waals surface area contributed by atoms with Crippen LogP contribution in [0.4, 0.5) is 0 Å². The number of aryl methyl sites for hydroxylation is 1. The lowest BCUT2D eigenvalue weighted by molar-refractivity contribution is 0.0694. The summed E-state index contributed by atoms with van der Waals surface area (Å²) in [6.07, 6.45) is 0. The zero-order chi connectivity index (χ0) is 11.7. The third-order valence-electron chi connectivity index (χ3n) is 2.22. The fraction of sp³-hybridized carbons (Fsp3) is 0.300. The van der Waals surface area contributed by atoms with Gasteiger partial charge in [-0.2, -0.15) is 0 Å². The lowest BCUT2D eigenvalue weighted by Crippen LogP contribution is -2.23. The minimum atomic E-state index is -1.15. The molecule has 0 fully saturated rings. The highest BCUT2D eigenvalue weighted by Gasteiger charge is 2.19. The molecule has 0 bridgehead atoms. The van der Waals surface area contributed by atoms with E-state index in [9.17, 15) is 14.4 Å². The molecule has 0 radical (unpaired) electrons. The van der Waals surface area contributed by atoms with Crippen LogP contribution in [0.3, 0.4) is 0 Å². The molecule has 0 aromatic carbocycles. The molecule has 5 heteroatoms. The van der Waals surface area contributed by atoms with Gasteiger partial charge in [0.25, 0.3) is 5.56 Å². The van der Waals surface area contributed by atoms with Crippen LogP contribution in [-0.4, -0.2) is 21.8 Å². The van der Waals surface area contributed by atoms with Crippen molar-refractivity contribution in [2.45, 2.75) is 20.8 Å². The van der Waals surface area contributed by atoms with Crippen LogP contribution in [0.25, 0.3) is 0 Å². The Morgan fingerprint density at radius 1 is 1.20 bits per heavy atom. The number of nitrogens with one attached hydrogen (secondary N) is 1. The van der Waals surface area contributed by atoms with Gasteiger partial charge in [0.2, 0.25) is 0 Å². The van der Waals surface area contributed by atoms with Crippen molar-refractivity contribution in [3.05, 3.63) is 32.7 Å². The Morgan fingerprint density at radius 2 is 1.73 bits per heavy atom. The number of hydrogen-bond acceptors (Lipinski definition) is 3. The molecule has 1 aromatic rings. The van der Waals surface area contributed by atoms with E-state index in [4.69, 9.17) is 5.11 Å². The van der Waals surface area contributed by atoms with Crippen LogP contribution in [-0.2, 0) is 0 Å². The first kappa shape index (κ1) is 11.2. The molecule has 0 atom stereocenters. The molecular formula is C10H11NO4. The number of carboxylic acids is 1. The smallest absolute Gasteiger partial charge is 0.337 e. The summed E-state index contributed by atoms with van der Waals surface area (Å²) in [5.41, 5.74) is -0.161. The average Bonchev–Trinajstić information content (AvgIpc) is 1.99. The minimum Gasteiger partial charge on any atom is -0.478 e. The lowest BCUT2D eigenvalue weighted by Gasteiger charge is -2.07. The van der Waals surface area contributed by atoms with Crippen LogP contribution in [0.2, 0.25) is 0 Å². The van der Waals surface area contributed by atoms with E-state index in [-0.39, 0.29) is 22.4 Å². The molecule has 0 saturated carbocycles.